The van der Waals surface area contributed by atoms with E-state index in [1.165, 1.54) is 78.0 Å². The van der Waals surface area contributed by atoms with E-state index in [0.717, 1.165) is 7.11 Å². The highest BCUT2D eigenvalue weighted by molar-refractivity contribution is 6.36. The highest BCUT2D eigenvalue weighted by Crippen LogP contribution is 2.55. The molecule has 3 aromatic carbocycles. The Bertz CT molecular complexity index is 1590. The average Bonchev–Trinajstić information content (AvgIpc) is 3.00. The van der Waals surface area contributed by atoms with Crippen LogP contribution in [0.3, 0.4) is 0 Å². The maximum atomic E-state index is 14.2. The largest absolute Gasteiger partial charge is 0.493 e. The number of Topliss-reactive ketones (excluding diaryl/α,β-unsaturated/α-hetero) is 2. The Hall–Kier alpha value is -4.54. The van der Waals surface area contributed by atoms with E-state index in [2.05, 4.69) is 0 Å². The summed E-state index contributed by atoms with van der Waals surface area (Å²) in [6.45, 7) is 0. The molecule has 0 radical (unpaired) electrons. The van der Waals surface area contributed by atoms with Gasteiger partial charge >= 0.3 is 5.97 Å². The van der Waals surface area contributed by atoms with Crippen molar-refractivity contribution in [3.05, 3.63) is 87.0 Å². The molecule has 10 nitrogen and oxygen atoms in total. The van der Waals surface area contributed by atoms with Crippen molar-refractivity contribution in [2.75, 3.05) is 42.7 Å². The van der Waals surface area contributed by atoms with Crippen molar-refractivity contribution in [3.63, 3.8) is 0 Å². The molecule has 1 atom stereocenters. The van der Waals surface area contributed by atoms with Gasteiger partial charge in [0.2, 0.25) is 5.75 Å². The van der Waals surface area contributed by atoms with Crippen LogP contribution in [0.15, 0.2) is 59.7 Å². The molecular weight excluding hydrogens is 556 g/mol. The lowest BCUT2D eigenvalue weighted by Gasteiger charge is -2.38. The second-order valence-corrected chi connectivity index (χ2v) is 9.19. The first-order chi connectivity index (χ1) is 19.6. The molecule has 1 aliphatic rings. The van der Waals surface area contributed by atoms with Gasteiger partial charge in [-0.2, -0.15) is 0 Å². The quantitative estimate of drug-likeness (QED) is 0.223. The van der Waals surface area contributed by atoms with Gasteiger partial charge in [0.15, 0.2) is 40.2 Å². The number of allylic oxidation sites excluding steroid dienone is 1. The summed E-state index contributed by atoms with van der Waals surface area (Å²) in [6.07, 6.45) is 0. The third-order valence-corrected chi connectivity index (χ3v) is 7.02. The van der Waals surface area contributed by atoms with Crippen LogP contribution >= 0.6 is 11.6 Å². The minimum atomic E-state index is -2.51. The maximum Gasteiger partial charge on any atom is 0.338 e. The van der Waals surface area contributed by atoms with Crippen molar-refractivity contribution in [2.24, 2.45) is 0 Å². The van der Waals surface area contributed by atoms with E-state index < -0.39 is 34.3 Å². The molecule has 3 aromatic rings. The molecule has 214 valence electrons. The number of ether oxygens (including phenoxy) is 6. The molecule has 1 N–H and O–H groups in total. The topological polar surface area (TPSA) is 127 Å². The lowest BCUT2D eigenvalue weighted by molar-refractivity contribution is -0.138. The number of benzene rings is 3. The number of ketones is 2. The predicted octanol–water partition coefficient (Wildman–Crippen LogP) is 4.17. The molecule has 1 aliphatic carbocycles. The zero-order valence-corrected chi connectivity index (χ0v) is 23.9. The van der Waals surface area contributed by atoms with Crippen LogP contribution in [0.5, 0.6) is 28.7 Å². The molecule has 0 spiro atoms. The van der Waals surface area contributed by atoms with E-state index in [9.17, 15) is 19.5 Å². The molecule has 0 aromatic heterocycles. The van der Waals surface area contributed by atoms with Gasteiger partial charge in [0.1, 0.15) is 0 Å². The van der Waals surface area contributed by atoms with Crippen molar-refractivity contribution < 1.29 is 47.9 Å². The summed E-state index contributed by atoms with van der Waals surface area (Å²) in [7, 11) is 7.89. The smallest absolute Gasteiger partial charge is 0.338 e. The Morgan fingerprint density at radius 1 is 0.780 bits per heavy atom. The van der Waals surface area contributed by atoms with Crippen LogP contribution in [0.4, 0.5) is 0 Å². The van der Waals surface area contributed by atoms with Gasteiger partial charge in [0.05, 0.1) is 59.4 Å². The number of carbonyl (C=O) groups is 3. The van der Waals surface area contributed by atoms with Crippen molar-refractivity contribution >= 4 is 29.1 Å². The van der Waals surface area contributed by atoms with Gasteiger partial charge in [0.25, 0.3) is 0 Å². The van der Waals surface area contributed by atoms with E-state index >= 15 is 0 Å². The molecule has 0 amide bonds. The number of methoxy groups -OCH3 is 6. The van der Waals surface area contributed by atoms with Crippen LogP contribution in [0.2, 0.25) is 5.02 Å². The van der Waals surface area contributed by atoms with Gasteiger partial charge in [-0.05, 0) is 35.9 Å². The lowest BCUT2D eigenvalue weighted by Crippen LogP contribution is -2.43. The number of hydrogen-bond acceptors (Lipinski definition) is 10. The van der Waals surface area contributed by atoms with Crippen molar-refractivity contribution in [1.29, 1.82) is 0 Å². The van der Waals surface area contributed by atoms with Crippen LogP contribution < -0.4 is 23.7 Å². The number of carbonyl (C=O) groups excluding carboxylic acids is 3. The summed E-state index contributed by atoms with van der Waals surface area (Å²) in [5, 5.41) is 13.0. The summed E-state index contributed by atoms with van der Waals surface area (Å²) in [5.74, 6) is -2.34. The van der Waals surface area contributed by atoms with E-state index in [1.807, 2.05) is 0 Å². The van der Waals surface area contributed by atoms with E-state index in [0.29, 0.717) is 5.75 Å². The molecule has 0 saturated carbocycles. The van der Waals surface area contributed by atoms with Gasteiger partial charge in [0, 0.05) is 16.1 Å². The fraction of sp³-hybridized carbons (Fsp3) is 0.233. The van der Waals surface area contributed by atoms with E-state index in [-0.39, 0.29) is 50.3 Å². The third-order valence-electron chi connectivity index (χ3n) is 6.78. The SMILES string of the molecule is COC(=O)C1=C(C(=O)c2cccc(Cl)c2)C(=O)c2cc(OC)c(OC)c(OC)c2C1(O)c1ccc(OC)c(OC)c1. The molecular formula is C30H27ClO10. The van der Waals surface area contributed by atoms with Crippen LogP contribution in [0, 0.1) is 0 Å². The van der Waals surface area contributed by atoms with Crippen LogP contribution in [-0.2, 0) is 15.1 Å². The minimum absolute atomic E-state index is 0.00723. The normalized spacial score (nSPS) is 16.0. The highest BCUT2D eigenvalue weighted by Gasteiger charge is 2.54. The van der Waals surface area contributed by atoms with Gasteiger partial charge < -0.3 is 33.5 Å². The minimum Gasteiger partial charge on any atom is -0.493 e. The third kappa shape index (κ3) is 4.64. The monoisotopic (exact) mass is 582 g/mol. The number of aliphatic hydroxyl groups is 1. The molecule has 11 heteroatoms. The van der Waals surface area contributed by atoms with Crippen LogP contribution in [0.1, 0.15) is 31.8 Å². The van der Waals surface area contributed by atoms with Gasteiger partial charge in [-0.1, -0.05) is 29.8 Å². The Morgan fingerprint density at radius 3 is 2.00 bits per heavy atom. The lowest BCUT2D eigenvalue weighted by atomic mass is 9.68. The van der Waals surface area contributed by atoms with Crippen molar-refractivity contribution in [1.82, 2.24) is 0 Å². The molecule has 1 unspecified atom stereocenters. The Morgan fingerprint density at radius 2 is 1.44 bits per heavy atom. The first kappa shape index (κ1) is 29.4. The molecule has 41 heavy (non-hydrogen) atoms. The van der Waals surface area contributed by atoms with Crippen LogP contribution in [-0.4, -0.2) is 65.3 Å². The highest BCUT2D eigenvalue weighted by atomic mass is 35.5. The molecule has 0 bridgehead atoms. The first-order valence-corrected chi connectivity index (χ1v) is 12.5. The zero-order valence-electron chi connectivity index (χ0n) is 23.1. The summed E-state index contributed by atoms with van der Waals surface area (Å²) in [4.78, 5) is 41.7. The molecule has 4 rings (SSSR count). The molecule has 0 fully saturated rings. The molecule has 0 heterocycles. The number of halogens is 1. The summed E-state index contributed by atoms with van der Waals surface area (Å²) >= 11 is 6.13. The van der Waals surface area contributed by atoms with Gasteiger partial charge in [-0.15, -0.1) is 0 Å². The fourth-order valence-electron chi connectivity index (χ4n) is 4.94. The van der Waals surface area contributed by atoms with Gasteiger partial charge in [-0.3, -0.25) is 9.59 Å². The second kappa shape index (κ2) is 11.5. The summed E-state index contributed by atoms with van der Waals surface area (Å²) in [6, 6.07) is 11.5. The first-order valence-electron chi connectivity index (χ1n) is 12.1. The Labute approximate surface area is 240 Å². The van der Waals surface area contributed by atoms with Gasteiger partial charge in [-0.25, -0.2) is 4.79 Å². The Kier molecular flexibility index (Phi) is 8.27. The standard InChI is InChI=1S/C30H27ClO10/c1-36-19-11-10-16(13-20(19)37-2)30(35)23-18(14-21(38-3)27(39-4)28(23)40-5)26(33)22(24(30)29(34)41-6)25(32)15-8-7-9-17(31)12-15/h7-14,35H,1-6H3. The fourth-order valence-corrected chi connectivity index (χ4v) is 5.13. The number of hydrogen-bond donors (Lipinski definition) is 1. The number of esters is 1. The summed E-state index contributed by atoms with van der Waals surface area (Å²) < 4.78 is 32.4. The Balaban J connectivity index is 2.24. The van der Waals surface area contributed by atoms with E-state index in [4.69, 9.17) is 40.0 Å². The molecule has 0 saturated heterocycles. The number of fused-ring (bicyclic) bond motifs is 1. The maximum absolute atomic E-state index is 14.2. The van der Waals surface area contributed by atoms with E-state index in [1.54, 1.807) is 6.07 Å². The average molecular weight is 583 g/mol. The summed E-state index contributed by atoms with van der Waals surface area (Å²) in [5.41, 5.74) is -4.07. The predicted molar refractivity (Wildman–Crippen MR) is 148 cm³/mol. The second-order valence-electron chi connectivity index (χ2n) is 8.76. The molecule has 0 aliphatic heterocycles. The zero-order chi connectivity index (χ0) is 30.1. The van der Waals surface area contributed by atoms with Crippen molar-refractivity contribution in [2.45, 2.75) is 5.60 Å². The van der Waals surface area contributed by atoms with Crippen LogP contribution in [0.25, 0.3) is 0 Å². The van der Waals surface area contributed by atoms with Crippen molar-refractivity contribution in [3.8, 4) is 28.7 Å². The number of rotatable bonds is 9.